The third kappa shape index (κ3) is 12.1. The second-order valence-electron chi connectivity index (χ2n) is 7.60. The Bertz CT molecular complexity index is 738. The van der Waals surface area contributed by atoms with Crippen molar-refractivity contribution in [3.05, 3.63) is 52.3 Å². The first-order valence-electron chi connectivity index (χ1n) is 11.3. The minimum Gasteiger partial charge on any atom is -0.352 e. The highest BCUT2D eigenvalue weighted by Crippen LogP contribution is 2.16. The summed E-state index contributed by atoms with van der Waals surface area (Å²) in [5.41, 5.74) is 2.86. The number of carbonyl (C=O) groups is 1. The molecule has 0 spiro atoms. The zero-order valence-corrected chi connectivity index (χ0v) is 20.7. The lowest BCUT2D eigenvalue weighted by molar-refractivity contribution is 0.0951. The van der Waals surface area contributed by atoms with Crippen molar-refractivity contribution in [3.63, 3.8) is 0 Å². The number of hydrogen-bond acceptors (Lipinski definition) is 3. The third-order valence-electron chi connectivity index (χ3n) is 5.18. The van der Waals surface area contributed by atoms with Crippen LogP contribution in [-0.4, -0.2) is 36.1 Å². The summed E-state index contributed by atoms with van der Waals surface area (Å²) in [4.78, 5) is 21.3. The van der Waals surface area contributed by atoms with Crippen molar-refractivity contribution in [2.45, 2.75) is 65.7 Å². The van der Waals surface area contributed by atoms with Gasteiger partial charge in [0.2, 0.25) is 0 Å². The molecular formula is C25H37Cl2N3O. The van der Waals surface area contributed by atoms with Crippen LogP contribution in [0.15, 0.2) is 46.1 Å². The number of nitrogens with zero attached hydrogens (tertiary/aromatic N) is 2. The fourth-order valence-corrected chi connectivity index (χ4v) is 3.72. The lowest BCUT2D eigenvalue weighted by atomic mass is 9.97. The van der Waals surface area contributed by atoms with E-state index in [-0.39, 0.29) is 5.91 Å². The molecule has 0 saturated heterocycles. The zero-order chi connectivity index (χ0) is 22.9. The van der Waals surface area contributed by atoms with Crippen LogP contribution in [-0.2, 0) is 6.42 Å². The van der Waals surface area contributed by atoms with Crippen LogP contribution < -0.4 is 5.32 Å². The van der Waals surface area contributed by atoms with Crippen molar-refractivity contribution in [1.82, 2.24) is 10.3 Å². The summed E-state index contributed by atoms with van der Waals surface area (Å²) >= 11 is 11.8. The molecule has 1 atom stereocenters. The van der Waals surface area contributed by atoms with Crippen LogP contribution in [0.4, 0.5) is 0 Å². The maximum Gasteiger partial charge on any atom is 0.251 e. The van der Waals surface area contributed by atoms with Gasteiger partial charge in [-0.15, -0.1) is 11.6 Å². The number of alkyl halides is 1. The summed E-state index contributed by atoms with van der Waals surface area (Å²) in [6, 6.07) is 3.67. The Kier molecular flexibility index (Phi) is 15.0. The summed E-state index contributed by atoms with van der Waals surface area (Å²) in [5, 5.41) is 3.70. The molecule has 1 unspecified atom stereocenters. The van der Waals surface area contributed by atoms with Crippen molar-refractivity contribution >= 4 is 35.3 Å². The Balaban J connectivity index is 2.59. The van der Waals surface area contributed by atoms with Crippen molar-refractivity contribution < 1.29 is 4.79 Å². The van der Waals surface area contributed by atoms with Gasteiger partial charge in [-0.2, -0.15) is 0 Å². The molecule has 31 heavy (non-hydrogen) atoms. The second-order valence-corrected chi connectivity index (χ2v) is 8.42. The van der Waals surface area contributed by atoms with Crippen LogP contribution in [0, 0.1) is 5.92 Å². The molecule has 172 valence electrons. The number of aromatic nitrogens is 1. The van der Waals surface area contributed by atoms with Gasteiger partial charge in [0, 0.05) is 49.1 Å². The van der Waals surface area contributed by atoms with Gasteiger partial charge in [0.05, 0.1) is 5.03 Å². The van der Waals surface area contributed by atoms with E-state index < -0.39 is 0 Å². The minimum absolute atomic E-state index is 0.0398. The first-order valence-corrected chi connectivity index (χ1v) is 12.2. The van der Waals surface area contributed by atoms with Crippen LogP contribution in [0.1, 0.15) is 75.3 Å². The quantitative estimate of drug-likeness (QED) is 0.135. The molecule has 0 fully saturated rings. The Morgan fingerprint density at radius 2 is 2.10 bits per heavy atom. The molecule has 0 aliphatic heterocycles. The predicted octanol–water partition coefficient (Wildman–Crippen LogP) is 6.73. The molecule has 1 heterocycles. The first-order chi connectivity index (χ1) is 15.0. The first kappa shape index (κ1) is 27.4. The molecule has 0 saturated carbocycles. The third-order valence-corrected chi connectivity index (χ3v) is 5.71. The van der Waals surface area contributed by atoms with E-state index in [0.717, 1.165) is 50.6 Å². The van der Waals surface area contributed by atoms with Gasteiger partial charge < -0.3 is 5.32 Å². The number of hydrogen-bond donors (Lipinski definition) is 1. The monoisotopic (exact) mass is 465 g/mol. The summed E-state index contributed by atoms with van der Waals surface area (Å²) < 4.78 is 0. The molecule has 1 amide bonds. The second kappa shape index (κ2) is 17.0. The van der Waals surface area contributed by atoms with Crippen LogP contribution in [0.3, 0.4) is 0 Å². The topological polar surface area (TPSA) is 54.4 Å². The molecule has 4 nitrogen and oxygen atoms in total. The van der Waals surface area contributed by atoms with Gasteiger partial charge in [0.25, 0.3) is 5.91 Å². The number of carbonyl (C=O) groups excluding carboxylic acids is 1. The average molecular weight is 466 g/mol. The van der Waals surface area contributed by atoms with Crippen LogP contribution >= 0.6 is 23.2 Å². The normalized spacial score (nSPS) is 13.6. The lowest BCUT2D eigenvalue weighted by Gasteiger charge is -2.15. The molecule has 0 aliphatic carbocycles. The van der Waals surface area contributed by atoms with Gasteiger partial charge in [-0.05, 0) is 50.7 Å². The predicted molar refractivity (Wildman–Crippen MR) is 135 cm³/mol. The minimum atomic E-state index is -0.0398. The van der Waals surface area contributed by atoms with Gasteiger partial charge in [0.15, 0.2) is 0 Å². The number of amides is 1. The fourth-order valence-electron chi connectivity index (χ4n) is 3.35. The SMILES string of the molecule is C/C=C(/Cl)C=NCC/C=C(\CC)Cc1cc(C(=O)NCCC(CCC)CCCl)ccn1. The highest BCUT2D eigenvalue weighted by atomic mass is 35.5. The molecule has 1 N–H and O–H groups in total. The maximum atomic E-state index is 12.6. The Morgan fingerprint density at radius 3 is 2.77 bits per heavy atom. The summed E-state index contributed by atoms with van der Waals surface area (Å²) in [6.07, 6.45) is 14.2. The van der Waals surface area contributed by atoms with Crippen molar-refractivity contribution in [2.75, 3.05) is 19.0 Å². The van der Waals surface area contributed by atoms with Gasteiger partial charge in [-0.25, -0.2) is 0 Å². The smallest absolute Gasteiger partial charge is 0.251 e. The van der Waals surface area contributed by atoms with Crippen LogP contribution in [0.2, 0.25) is 0 Å². The lowest BCUT2D eigenvalue weighted by Crippen LogP contribution is -2.26. The van der Waals surface area contributed by atoms with E-state index in [1.165, 1.54) is 5.57 Å². The number of halogens is 2. The van der Waals surface area contributed by atoms with E-state index in [0.29, 0.717) is 35.5 Å². The molecule has 1 aromatic heterocycles. The van der Waals surface area contributed by atoms with Crippen molar-refractivity contribution in [1.29, 1.82) is 0 Å². The molecule has 6 heteroatoms. The maximum absolute atomic E-state index is 12.6. The molecule has 1 rings (SSSR count). The highest BCUT2D eigenvalue weighted by Gasteiger charge is 2.10. The molecule has 0 radical (unpaired) electrons. The van der Waals surface area contributed by atoms with Gasteiger partial charge in [0.1, 0.15) is 0 Å². The number of pyridine rings is 1. The summed E-state index contributed by atoms with van der Waals surface area (Å²) in [6.45, 7) is 7.58. The summed E-state index contributed by atoms with van der Waals surface area (Å²) in [5.74, 6) is 1.21. The summed E-state index contributed by atoms with van der Waals surface area (Å²) in [7, 11) is 0. The standard InChI is InChI=1S/C25H37Cl2N3O/c1-4-8-21(10-13-26)11-15-30-25(31)22-12-16-29-24(18-22)17-20(5-2)9-7-14-28-19-23(27)6-3/h6,9,12,16,18-19,21H,4-5,7-8,10-11,13-15,17H2,1-3H3,(H,30,31)/b20-9+,23-6+,28-19?. The van der Waals surface area contributed by atoms with E-state index in [1.54, 1.807) is 18.5 Å². The average Bonchev–Trinajstić information content (AvgIpc) is 2.78. The number of allylic oxidation sites excluding steroid dienone is 3. The van der Waals surface area contributed by atoms with E-state index in [9.17, 15) is 4.79 Å². The number of nitrogens with one attached hydrogen (secondary N) is 1. The van der Waals surface area contributed by atoms with Gasteiger partial charge in [-0.3, -0.25) is 14.8 Å². The molecule has 0 bridgehead atoms. The van der Waals surface area contributed by atoms with E-state index >= 15 is 0 Å². The molecule has 0 aromatic carbocycles. The fraction of sp³-hybridized carbons (Fsp3) is 0.560. The number of aliphatic imine (C=N–C) groups is 1. The Morgan fingerprint density at radius 1 is 1.29 bits per heavy atom. The van der Waals surface area contributed by atoms with Crippen molar-refractivity contribution in [2.24, 2.45) is 10.9 Å². The highest BCUT2D eigenvalue weighted by molar-refractivity contribution is 6.39. The van der Waals surface area contributed by atoms with Gasteiger partial charge >= 0.3 is 0 Å². The largest absolute Gasteiger partial charge is 0.352 e. The number of rotatable bonds is 15. The van der Waals surface area contributed by atoms with E-state index in [4.69, 9.17) is 23.2 Å². The Hall–Kier alpha value is -1.65. The van der Waals surface area contributed by atoms with Gasteiger partial charge in [-0.1, -0.05) is 56.0 Å². The van der Waals surface area contributed by atoms with E-state index in [1.807, 2.05) is 19.1 Å². The Labute approximate surface area is 198 Å². The molecule has 1 aromatic rings. The van der Waals surface area contributed by atoms with Crippen molar-refractivity contribution in [3.8, 4) is 0 Å². The molecular weight excluding hydrogens is 429 g/mol. The van der Waals surface area contributed by atoms with E-state index in [2.05, 4.69) is 35.2 Å². The van der Waals surface area contributed by atoms with Crippen LogP contribution in [0.25, 0.3) is 0 Å². The molecule has 0 aliphatic rings. The van der Waals surface area contributed by atoms with Crippen LogP contribution in [0.5, 0.6) is 0 Å². The zero-order valence-electron chi connectivity index (χ0n) is 19.2.